The number of aromatic nitrogens is 1. The van der Waals surface area contributed by atoms with Crippen molar-refractivity contribution in [1.82, 2.24) is 15.6 Å². The van der Waals surface area contributed by atoms with Gasteiger partial charge in [-0.05, 0) is 66.4 Å². The molecule has 0 spiro atoms. The van der Waals surface area contributed by atoms with Gasteiger partial charge in [0.15, 0.2) is 0 Å². The first-order valence-electron chi connectivity index (χ1n) is 12.1. The number of alkyl halides is 3. The summed E-state index contributed by atoms with van der Waals surface area (Å²) in [6.45, 7) is 3.86. The molecular formula is C28H30F3N3O4. The largest absolute Gasteiger partial charge is 0.496 e. The number of halogens is 3. The minimum atomic E-state index is -4.58. The molecule has 1 atom stereocenters. The summed E-state index contributed by atoms with van der Waals surface area (Å²) in [6, 6.07) is 12.4. The quantitative estimate of drug-likeness (QED) is 0.323. The molecule has 10 heteroatoms. The van der Waals surface area contributed by atoms with Gasteiger partial charge in [0.1, 0.15) is 5.75 Å². The van der Waals surface area contributed by atoms with Crippen molar-refractivity contribution in [3.63, 3.8) is 0 Å². The van der Waals surface area contributed by atoms with Crippen LogP contribution < -0.4 is 15.4 Å². The number of hydrogen-bond acceptors (Lipinski definition) is 5. The van der Waals surface area contributed by atoms with E-state index < -0.39 is 29.8 Å². The van der Waals surface area contributed by atoms with Gasteiger partial charge in [0.25, 0.3) is 0 Å². The Kier molecular flexibility index (Phi) is 9.70. The number of amides is 2. The summed E-state index contributed by atoms with van der Waals surface area (Å²) in [4.78, 5) is 28.9. The van der Waals surface area contributed by atoms with Gasteiger partial charge in [0, 0.05) is 11.8 Å². The van der Waals surface area contributed by atoms with Crippen molar-refractivity contribution in [2.45, 2.75) is 45.5 Å². The standard InChI is InChI=1S/C28H30F3N3O4/c1-4-24(34-27(36)33-17-20-8-6-7-13-32-20)22-16-19(28(29,30)31)10-11-21(22)23-14-18(9-12-25(23)37-3)15-26(35)38-5-2/h6-14,16,24H,4-5,15,17H2,1-3H3,(H2,33,34,36). The van der Waals surface area contributed by atoms with Gasteiger partial charge in [0.05, 0.1) is 44.0 Å². The highest BCUT2D eigenvalue weighted by Gasteiger charge is 2.32. The van der Waals surface area contributed by atoms with Crippen molar-refractivity contribution in [2.75, 3.05) is 13.7 Å². The maximum atomic E-state index is 13.7. The first-order valence-corrected chi connectivity index (χ1v) is 12.1. The summed E-state index contributed by atoms with van der Waals surface area (Å²) < 4.78 is 51.6. The predicted octanol–water partition coefficient (Wildman–Crippen LogP) is 5.83. The maximum absolute atomic E-state index is 13.7. The second-order valence-electron chi connectivity index (χ2n) is 8.43. The number of ether oxygens (including phenoxy) is 2. The second-order valence-corrected chi connectivity index (χ2v) is 8.43. The van der Waals surface area contributed by atoms with Gasteiger partial charge in [-0.1, -0.05) is 25.1 Å². The van der Waals surface area contributed by atoms with Crippen LogP contribution in [0.25, 0.3) is 11.1 Å². The van der Waals surface area contributed by atoms with E-state index in [2.05, 4.69) is 15.6 Å². The second kappa shape index (κ2) is 12.9. The summed E-state index contributed by atoms with van der Waals surface area (Å²) >= 11 is 0. The number of pyridine rings is 1. The Labute approximate surface area is 219 Å². The molecule has 202 valence electrons. The van der Waals surface area contributed by atoms with Crippen LogP contribution in [0.15, 0.2) is 60.8 Å². The van der Waals surface area contributed by atoms with Gasteiger partial charge >= 0.3 is 18.2 Å². The number of benzene rings is 2. The lowest BCUT2D eigenvalue weighted by atomic mass is 9.90. The van der Waals surface area contributed by atoms with Crippen molar-refractivity contribution in [1.29, 1.82) is 0 Å². The van der Waals surface area contributed by atoms with Crippen molar-refractivity contribution in [3.8, 4) is 16.9 Å². The third-order valence-corrected chi connectivity index (χ3v) is 5.83. The van der Waals surface area contributed by atoms with Crippen molar-refractivity contribution in [2.24, 2.45) is 0 Å². The number of nitrogens with zero attached hydrogens (tertiary/aromatic N) is 1. The van der Waals surface area contributed by atoms with E-state index in [1.54, 1.807) is 56.4 Å². The van der Waals surface area contributed by atoms with Gasteiger partial charge < -0.3 is 20.1 Å². The van der Waals surface area contributed by atoms with Crippen LogP contribution in [0.1, 0.15) is 48.7 Å². The Morgan fingerprint density at radius 1 is 1.03 bits per heavy atom. The maximum Gasteiger partial charge on any atom is 0.416 e. The summed E-state index contributed by atoms with van der Waals surface area (Å²) in [7, 11) is 1.45. The highest BCUT2D eigenvalue weighted by atomic mass is 19.4. The molecule has 3 aromatic rings. The summed E-state index contributed by atoms with van der Waals surface area (Å²) in [5.41, 5.74) is 1.61. The van der Waals surface area contributed by atoms with Crippen molar-refractivity contribution < 1.29 is 32.2 Å². The zero-order valence-electron chi connectivity index (χ0n) is 21.4. The first-order chi connectivity index (χ1) is 18.2. The van der Waals surface area contributed by atoms with E-state index in [-0.39, 0.29) is 25.1 Å². The molecule has 38 heavy (non-hydrogen) atoms. The number of rotatable bonds is 10. The molecule has 1 heterocycles. The fourth-order valence-corrected chi connectivity index (χ4v) is 4.01. The number of hydrogen-bond donors (Lipinski definition) is 2. The molecule has 0 fully saturated rings. The van der Waals surface area contributed by atoms with Gasteiger partial charge in [0.2, 0.25) is 0 Å². The molecule has 2 aromatic carbocycles. The lowest BCUT2D eigenvalue weighted by molar-refractivity contribution is -0.142. The summed E-state index contributed by atoms with van der Waals surface area (Å²) in [5, 5.41) is 5.47. The molecule has 2 N–H and O–H groups in total. The smallest absolute Gasteiger partial charge is 0.416 e. The number of nitrogens with one attached hydrogen (secondary N) is 2. The molecule has 3 rings (SSSR count). The number of carbonyl (C=O) groups excluding carboxylic acids is 2. The van der Waals surface area contributed by atoms with Gasteiger partial charge in [-0.15, -0.1) is 0 Å². The van der Waals surface area contributed by atoms with E-state index in [0.717, 1.165) is 12.1 Å². The van der Waals surface area contributed by atoms with Crippen LogP contribution in [-0.4, -0.2) is 30.7 Å². The van der Waals surface area contributed by atoms with Crippen LogP contribution in [0.5, 0.6) is 5.75 Å². The molecular weight excluding hydrogens is 499 g/mol. The lowest BCUT2D eigenvalue weighted by Crippen LogP contribution is -2.37. The topological polar surface area (TPSA) is 89.5 Å². The van der Waals surface area contributed by atoms with Crippen LogP contribution in [-0.2, 0) is 28.7 Å². The van der Waals surface area contributed by atoms with E-state index in [9.17, 15) is 22.8 Å². The fraction of sp³-hybridized carbons (Fsp3) is 0.321. The molecule has 7 nitrogen and oxygen atoms in total. The van der Waals surface area contributed by atoms with Crippen LogP contribution in [0, 0.1) is 0 Å². The molecule has 0 radical (unpaired) electrons. The molecule has 0 saturated heterocycles. The molecule has 1 unspecified atom stereocenters. The Balaban J connectivity index is 2.00. The third kappa shape index (κ3) is 7.47. The normalized spacial score (nSPS) is 11.9. The van der Waals surface area contributed by atoms with Gasteiger partial charge in [-0.3, -0.25) is 9.78 Å². The number of esters is 1. The van der Waals surface area contributed by atoms with Crippen LogP contribution >= 0.6 is 0 Å². The van der Waals surface area contributed by atoms with Crippen molar-refractivity contribution in [3.05, 3.63) is 83.2 Å². The summed E-state index contributed by atoms with van der Waals surface area (Å²) in [6.07, 6.45) is -2.67. The number of methoxy groups -OCH3 is 1. The summed E-state index contributed by atoms with van der Waals surface area (Å²) in [5.74, 6) is -0.0120. The van der Waals surface area contributed by atoms with E-state index in [0.29, 0.717) is 34.6 Å². The SMILES string of the molecule is CCOC(=O)Cc1ccc(OC)c(-c2ccc(C(F)(F)F)cc2C(CC)NC(=O)NCc2ccccn2)c1. The first kappa shape index (κ1) is 28.5. The van der Waals surface area contributed by atoms with Crippen LogP contribution in [0.2, 0.25) is 0 Å². The van der Waals surface area contributed by atoms with E-state index in [1.807, 2.05) is 0 Å². The average Bonchev–Trinajstić information content (AvgIpc) is 2.90. The Morgan fingerprint density at radius 3 is 2.45 bits per heavy atom. The van der Waals surface area contributed by atoms with Gasteiger partial charge in [-0.2, -0.15) is 13.2 Å². The highest BCUT2D eigenvalue weighted by Crippen LogP contribution is 2.40. The molecule has 1 aromatic heterocycles. The molecule has 0 saturated carbocycles. The molecule has 0 aliphatic carbocycles. The van der Waals surface area contributed by atoms with E-state index in [1.165, 1.54) is 13.2 Å². The zero-order chi connectivity index (χ0) is 27.7. The highest BCUT2D eigenvalue weighted by molar-refractivity contribution is 5.79. The monoisotopic (exact) mass is 529 g/mol. The van der Waals surface area contributed by atoms with Crippen molar-refractivity contribution >= 4 is 12.0 Å². The van der Waals surface area contributed by atoms with Crippen LogP contribution in [0.4, 0.5) is 18.0 Å². The molecule has 2 amide bonds. The molecule has 0 aliphatic heterocycles. The fourth-order valence-electron chi connectivity index (χ4n) is 4.01. The minimum Gasteiger partial charge on any atom is -0.496 e. The average molecular weight is 530 g/mol. The third-order valence-electron chi connectivity index (χ3n) is 5.83. The van der Waals surface area contributed by atoms with Gasteiger partial charge in [-0.25, -0.2) is 4.79 Å². The zero-order valence-corrected chi connectivity index (χ0v) is 21.4. The van der Waals surface area contributed by atoms with E-state index in [4.69, 9.17) is 9.47 Å². The lowest BCUT2D eigenvalue weighted by Gasteiger charge is -2.24. The predicted molar refractivity (Wildman–Crippen MR) is 136 cm³/mol. The Bertz CT molecular complexity index is 1250. The Hall–Kier alpha value is -4.08. The van der Waals surface area contributed by atoms with Crippen LogP contribution in [0.3, 0.4) is 0 Å². The molecule has 0 bridgehead atoms. The Morgan fingerprint density at radius 2 is 1.82 bits per heavy atom. The number of urea groups is 1. The number of carbonyl (C=O) groups is 2. The molecule has 0 aliphatic rings. The minimum absolute atomic E-state index is 0.00775. The van der Waals surface area contributed by atoms with E-state index >= 15 is 0 Å².